The van der Waals surface area contributed by atoms with Crippen LogP contribution in [0.25, 0.3) is 6.08 Å². The second-order valence-electron chi connectivity index (χ2n) is 5.21. The molecule has 0 radical (unpaired) electrons. The molecule has 0 saturated heterocycles. The van der Waals surface area contributed by atoms with Gasteiger partial charge in [0.1, 0.15) is 0 Å². The number of nitrogens with one attached hydrogen (secondary N) is 1. The Hall–Kier alpha value is -3.32. The summed E-state index contributed by atoms with van der Waals surface area (Å²) < 4.78 is 0. The van der Waals surface area contributed by atoms with Crippen molar-refractivity contribution in [1.82, 2.24) is 4.90 Å². The van der Waals surface area contributed by atoms with Crippen molar-refractivity contribution in [3.63, 3.8) is 0 Å². The molecule has 1 N–H and O–H groups in total. The van der Waals surface area contributed by atoms with Crippen LogP contribution in [0.15, 0.2) is 60.7 Å². The fourth-order valence-corrected chi connectivity index (χ4v) is 2.04. The zero-order valence-corrected chi connectivity index (χ0v) is 13.4. The number of carbonyl (C=O) groups excluding carboxylic acids is 2. The summed E-state index contributed by atoms with van der Waals surface area (Å²) in [4.78, 5) is 25.4. The van der Waals surface area contributed by atoms with Gasteiger partial charge in [-0.25, -0.2) is 0 Å². The summed E-state index contributed by atoms with van der Waals surface area (Å²) in [7, 11) is 1.58. The molecule has 2 aromatic rings. The summed E-state index contributed by atoms with van der Waals surface area (Å²) >= 11 is 0. The summed E-state index contributed by atoms with van der Waals surface area (Å²) in [5, 5.41) is 2.72. The molecule has 2 aromatic carbocycles. The highest BCUT2D eigenvalue weighted by Gasteiger charge is 2.10. The lowest BCUT2D eigenvalue weighted by atomic mass is 10.2. The summed E-state index contributed by atoms with van der Waals surface area (Å²) in [5.74, 6) is 1.98. The van der Waals surface area contributed by atoms with Crippen molar-refractivity contribution in [2.75, 3.05) is 18.9 Å². The van der Waals surface area contributed by atoms with Crippen molar-refractivity contribution in [2.24, 2.45) is 0 Å². The summed E-state index contributed by atoms with van der Waals surface area (Å²) in [6.45, 7) is -0.0434. The molecule has 0 aliphatic heterocycles. The zero-order valence-electron chi connectivity index (χ0n) is 13.4. The number of rotatable bonds is 5. The Morgan fingerprint density at radius 1 is 1.17 bits per heavy atom. The molecule has 0 unspecified atom stereocenters. The van der Waals surface area contributed by atoms with Crippen LogP contribution in [0.5, 0.6) is 0 Å². The number of hydrogen-bond donors (Lipinski definition) is 1. The molecule has 0 atom stereocenters. The highest BCUT2D eigenvalue weighted by atomic mass is 16.2. The van der Waals surface area contributed by atoms with Crippen LogP contribution in [-0.4, -0.2) is 30.3 Å². The molecule has 0 heterocycles. The molecule has 2 amide bonds. The first-order valence-corrected chi connectivity index (χ1v) is 7.43. The van der Waals surface area contributed by atoms with Gasteiger partial charge >= 0.3 is 0 Å². The fraction of sp³-hybridized carbons (Fsp3) is 0.100. The van der Waals surface area contributed by atoms with E-state index in [1.165, 1.54) is 11.0 Å². The molecule has 0 aliphatic rings. The van der Waals surface area contributed by atoms with E-state index in [1.807, 2.05) is 30.3 Å². The number of carbonyl (C=O) groups is 2. The largest absolute Gasteiger partial charge is 0.333 e. The second-order valence-corrected chi connectivity index (χ2v) is 5.21. The number of anilines is 1. The van der Waals surface area contributed by atoms with Gasteiger partial charge < -0.3 is 10.2 Å². The summed E-state index contributed by atoms with van der Waals surface area (Å²) in [5.41, 5.74) is 2.22. The number of terminal acetylenes is 1. The lowest BCUT2D eigenvalue weighted by Crippen LogP contribution is -2.33. The minimum Gasteiger partial charge on any atom is -0.333 e. The van der Waals surface area contributed by atoms with Gasteiger partial charge in [0.15, 0.2) is 0 Å². The standard InChI is InChI=1S/C20H18N2O2/c1-3-16-10-7-11-18(14-16)21-19(23)15-22(2)20(24)13-12-17-8-5-4-6-9-17/h1,4-14H,15H2,2H3,(H,21,23)/b13-12+. The van der Waals surface area contributed by atoms with Gasteiger partial charge in [-0.1, -0.05) is 42.3 Å². The Morgan fingerprint density at radius 3 is 2.62 bits per heavy atom. The lowest BCUT2D eigenvalue weighted by molar-refractivity contribution is -0.129. The molecule has 0 saturated carbocycles. The maximum Gasteiger partial charge on any atom is 0.246 e. The van der Waals surface area contributed by atoms with E-state index in [-0.39, 0.29) is 18.4 Å². The first-order chi connectivity index (χ1) is 11.6. The second kappa shape index (κ2) is 8.35. The molecule has 0 fully saturated rings. The molecule has 4 heteroatoms. The number of likely N-dealkylation sites (N-methyl/N-ethyl adjacent to an activating group) is 1. The summed E-state index contributed by atoms with van der Waals surface area (Å²) in [6.07, 6.45) is 8.49. The molecular weight excluding hydrogens is 300 g/mol. The van der Waals surface area contributed by atoms with Crippen LogP contribution in [0, 0.1) is 12.3 Å². The van der Waals surface area contributed by atoms with Crippen molar-refractivity contribution in [3.05, 3.63) is 71.8 Å². The maximum atomic E-state index is 12.0. The van der Waals surface area contributed by atoms with Crippen LogP contribution in [0.1, 0.15) is 11.1 Å². The Balaban J connectivity index is 1.90. The molecule has 24 heavy (non-hydrogen) atoms. The van der Waals surface area contributed by atoms with Gasteiger partial charge in [0.25, 0.3) is 0 Å². The molecule has 0 bridgehead atoms. The SMILES string of the molecule is C#Cc1cccc(NC(=O)CN(C)C(=O)/C=C/c2ccccc2)c1. The number of benzene rings is 2. The molecule has 4 nitrogen and oxygen atoms in total. The van der Waals surface area contributed by atoms with Gasteiger partial charge in [0, 0.05) is 24.4 Å². The first-order valence-electron chi connectivity index (χ1n) is 7.43. The molecule has 120 valence electrons. The van der Waals surface area contributed by atoms with Crippen LogP contribution in [0.3, 0.4) is 0 Å². The quantitative estimate of drug-likeness (QED) is 0.681. The van der Waals surface area contributed by atoms with Crippen LogP contribution < -0.4 is 5.32 Å². The third-order valence-corrected chi connectivity index (χ3v) is 3.29. The monoisotopic (exact) mass is 318 g/mol. The smallest absolute Gasteiger partial charge is 0.246 e. The highest BCUT2D eigenvalue weighted by molar-refractivity contribution is 5.97. The number of nitrogens with zero attached hydrogens (tertiary/aromatic N) is 1. The third-order valence-electron chi connectivity index (χ3n) is 3.29. The zero-order chi connectivity index (χ0) is 17.4. The van der Waals surface area contributed by atoms with E-state index in [4.69, 9.17) is 6.42 Å². The van der Waals surface area contributed by atoms with Gasteiger partial charge in [0.2, 0.25) is 11.8 Å². The third kappa shape index (κ3) is 5.15. The minimum absolute atomic E-state index is 0.0434. The predicted molar refractivity (Wildman–Crippen MR) is 96.1 cm³/mol. The van der Waals surface area contributed by atoms with Crippen molar-refractivity contribution >= 4 is 23.6 Å². The van der Waals surface area contributed by atoms with E-state index in [0.29, 0.717) is 11.3 Å². The van der Waals surface area contributed by atoms with Crippen molar-refractivity contribution in [1.29, 1.82) is 0 Å². The average molecular weight is 318 g/mol. The van der Waals surface area contributed by atoms with E-state index in [0.717, 1.165) is 5.56 Å². The average Bonchev–Trinajstić information content (AvgIpc) is 2.60. The highest BCUT2D eigenvalue weighted by Crippen LogP contribution is 2.09. The predicted octanol–water partition coefficient (Wildman–Crippen LogP) is 2.78. The van der Waals surface area contributed by atoms with E-state index in [1.54, 1.807) is 37.4 Å². The molecular formula is C20H18N2O2. The Bertz CT molecular complexity index is 789. The van der Waals surface area contributed by atoms with E-state index >= 15 is 0 Å². The van der Waals surface area contributed by atoms with Crippen molar-refractivity contribution in [3.8, 4) is 12.3 Å². The number of hydrogen-bond acceptors (Lipinski definition) is 2. The minimum atomic E-state index is -0.284. The van der Waals surface area contributed by atoms with E-state index in [2.05, 4.69) is 11.2 Å². The maximum absolute atomic E-state index is 12.0. The molecule has 0 aliphatic carbocycles. The Labute approximate surface area is 141 Å². The Kier molecular flexibility index (Phi) is 5.93. The Morgan fingerprint density at radius 2 is 1.92 bits per heavy atom. The summed E-state index contributed by atoms with van der Waals surface area (Å²) in [6, 6.07) is 16.5. The van der Waals surface area contributed by atoms with Gasteiger partial charge in [-0.2, -0.15) is 0 Å². The van der Waals surface area contributed by atoms with Crippen LogP contribution in [0.2, 0.25) is 0 Å². The molecule has 2 rings (SSSR count). The van der Waals surface area contributed by atoms with Gasteiger partial charge in [-0.3, -0.25) is 9.59 Å². The van der Waals surface area contributed by atoms with Crippen molar-refractivity contribution < 1.29 is 9.59 Å². The lowest BCUT2D eigenvalue weighted by Gasteiger charge is -2.15. The van der Waals surface area contributed by atoms with Crippen LogP contribution >= 0.6 is 0 Å². The molecule has 0 spiro atoms. The number of amides is 2. The van der Waals surface area contributed by atoms with Crippen molar-refractivity contribution in [2.45, 2.75) is 0 Å². The van der Waals surface area contributed by atoms with E-state index < -0.39 is 0 Å². The van der Waals surface area contributed by atoms with Gasteiger partial charge in [0.05, 0.1) is 6.54 Å². The van der Waals surface area contributed by atoms with Crippen LogP contribution in [0.4, 0.5) is 5.69 Å². The van der Waals surface area contributed by atoms with Crippen LogP contribution in [-0.2, 0) is 9.59 Å². The topological polar surface area (TPSA) is 49.4 Å². The normalized spacial score (nSPS) is 10.2. The van der Waals surface area contributed by atoms with Gasteiger partial charge in [-0.05, 0) is 29.8 Å². The molecule has 0 aromatic heterocycles. The van der Waals surface area contributed by atoms with E-state index in [9.17, 15) is 9.59 Å². The van der Waals surface area contributed by atoms with Gasteiger partial charge in [-0.15, -0.1) is 6.42 Å². The fourth-order valence-electron chi connectivity index (χ4n) is 2.04. The first kappa shape index (κ1) is 17.0.